The molecule has 1 heterocycles. The van der Waals surface area contributed by atoms with Crippen LogP contribution in [0, 0.1) is 5.92 Å². The Bertz CT molecular complexity index is 1250. The van der Waals surface area contributed by atoms with Crippen molar-refractivity contribution in [2.75, 3.05) is 13.2 Å². The summed E-state index contributed by atoms with van der Waals surface area (Å²) in [6.45, 7) is 9.13. The van der Waals surface area contributed by atoms with Gasteiger partial charge in [-0.1, -0.05) is 69.3 Å². The zero-order valence-electron chi connectivity index (χ0n) is 24.2. The van der Waals surface area contributed by atoms with E-state index in [-0.39, 0.29) is 18.4 Å². The number of ether oxygens (including phenoxy) is 2. The summed E-state index contributed by atoms with van der Waals surface area (Å²) >= 11 is 0. The Morgan fingerprint density at radius 1 is 0.925 bits per heavy atom. The number of aryl methyl sites for hydroxylation is 2. The van der Waals surface area contributed by atoms with Crippen molar-refractivity contribution < 1.29 is 19.1 Å². The van der Waals surface area contributed by atoms with E-state index in [9.17, 15) is 9.59 Å². The molecule has 0 aliphatic carbocycles. The molecule has 0 spiro atoms. The van der Waals surface area contributed by atoms with Crippen LogP contribution in [-0.4, -0.2) is 36.1 Å². The van der Waals surface area contributed by atoms with Crippen LogP contribution >= 0.6 is 0 Å². The molecular formula is C34H42N2O4. The standard InChI is InChI=1S/C34H42N2O4/c1-5-26-16-18-27(19-17-26)11-7-8-22-39-24-31-15-10-14-30(35-31)21-20-28-12-9-13-29(23-28)33(37)36-32(25(3)4)34(38)40-6-2/h9-10,12-21,23,25,32H,5-8,11,22,24H2,1-4H3,(H,36,37)/b21-20+/t32-/m0/s1. The van der Waals surface area contributed by atoms with Gasteiger partial charge in [-0.25, -0.2) is 4.79 Å². The number of nitrogens with one attached hydrogen (secondary N) is 1. The predicted octanol–water partition coefficient (Wildman–Crippen LogP) is 6.67. The summed E-state index contributed by atoms with van der Waals surface area (Å²) in [5.41, 5.74) is 5.78. The van der Waals surface area contributed by atoms with Gasteiger partial charge in [0.15, 0.2) is 0 Å². The maximum absolute atomic E-state index is 12.8. The summed E-state index contributed by atoms with van der Waals surface area (Å²) in [4.78, 5) is 29.7. The Morgan fingerprint density at radius 2 is 1.68 bits per heavy atom. The summed E-state index contributed by atoms with van der Waals surface area (Å²) in [6.07, 6.45) is 8.08. The Balaban J connectivity index is 1.48. The molecule has 212 valence electrons. The number of hydrogen-bond acceptors (Lipinski definition) is 5. The summed E-state index contributed by atoms with van der Waals surface area (Å²) in [5.74, 6) is -0.819. The lowest BCUT2D eigenvalue weighted by Crippen LogP contribution is -2.45. The highest BCUT2D eigenvalue weighted by atomic mass is 16.5. The first-order valence-corrected chi connectivity index (χ1v) is 14.3. The van der Waals surface area contributed by atoms with Gasteiger partial charge in [-0.3, -0.25) is 9.78 Å². The Hall–Kier alpha value is -3.77. The van der Waals surface area contributed by atoms with Crippen molar-refractivity contribution in [2.45, 2.75) is 66.0 Å². The number of hydrogen-bond donors (Lipinski definition) is 1. The summed E-state index contributed by atoms with van der Waals surface area (Å²) in [5, 5.41) is 2.81. The fourth-order valence-corrected chi connectivity index (χ4v) is 4.24. The van der Waals surface area contributed by atoms with Gasteiger partial charge in [-0.05, 0) is 85.6 Å². The van der Waals surface area contributed by atoms with Crippen LogP contribution in [0.2, 0.25) is 0 Å². The fraction of sp³-hybridized carbons (Fsp3) is 0.382. The van der Waals surface area contributed by atoms with Crippen molar-refractivity contribution in [2.24, 2.45) is 5.92 Å². The second-order valence-electron chi connectivity index (χ2n) is 10.1. The van der Waals surface area contributed by atoms with E-state index in [1.807, 2.05) is 56.3 Å². The molecule has 0 aliphatic rings. The third-order valence-corrected chi connectivity index (χ3v) is 6.60. The third kappa shape index (κ3) is 10.1. The van der Waals surface area contributed by atoms with Crippen LogP contribution in [0.25, 0.3) is 12.2 Å². The van der Waals surface area contributed by atoms with Crippen molar-refractivity contribution in [3.63, 3.8) is 0 Å². The Kier molecular flexibility index (Phi) is 12.6. The number of amides is 1. The van der Waals surface area contributed by atoms with Gasteiger partial charge in [0.1, 0.15) is 6.04 Å². The molecule has 6 nitrogen and oxygen atoms in total. The molecule has 40 heavy (non-hydrogen) atoms. The second kappa shape index (κ2) is 16.4. The SMILES string of the molecule is CCOC(=O)[C@@H](NC(=O)c1cccc(/C=C/c2cccc(COCCCCc3ccc(CC)cc3)n2)c1)C(C)C. The van der Waals surface area contributed by atoms with E-state index in [4.69, 9.17) is 9.47 Å². The molecule has 3 aromatic rings. The lowest BCUT2D eigenvalue weighted by atomic mass is 10.0. The minimum Gasteiger partial charge on any atom is -0.464 e. The first kappa shape index (κ1) is 30.8. The van der Waals surface area contributed by atoms with Crippen LogP contribution in [0.3, 0.4) is 0 Å². The zero-order chi connectivity index (χ0) is 28.7. The largest absolute Gasteiger partial charge is 0.464 e. The van der Waals surface area contributed by atoms with E-state index in [0.717, 1.165) is 42.6 Å². The molecule has 1 N–H and O–H groups in total. The molecule has 0 fully saturated rings. The van der Waals surface area contributed by atoms with Gasteiger partial charge >= 0.3 is 5.97 Å². The minimum absolute atomic E-state index is 0.0862. The number of aromatic nitrogens is 1. The predicted molar refractivity (Wildman–Crippen MR) is 161 cm³/mol. The van der Waals surface area contributed by atoms with Crippen molar-refractivity contribution in [1.29, 1.82) is 0 Å². The van der Waals surface area contributed by atoms with E-state index >= 15 is 0 Å². The normalized spacial score (nSPS) is 12.0. The third-order valence-electron chi connectivity index (χ3n) is 6.60. The van der Waals surface area contributed by atoms with Crippen LogP contribution in [0.4, 0.5) is 0 Å². The monoisotopic (exact) mass is 542 g/mol. The first-order chi connectivity index (χ1) is 19.4. The smallest absolute Gasteiger partial charge is 0.328 e. The molecule has 0 saturated carbocycles. The number of benzene rings is 2. The topological polar surface area (TPSA) is 77.5 Å². The van der Waals surface area contributed by atoms with Gasteiger partial charge in [-0.2, -0.15) is 0 Å². The van der Waals surface area contributed by atoms with Gasteiger partial charge in [-0.15, -0.1) is 0 Å². The van der Waals surface area contributed by atoms with Crippen molar-refractivity contribution in [1.82, 2.24) is 10.3 Å². The lowest BCUT2D eigenvalue weighted by Gasteiger charge is -2.20. The summed E-state index contributed by atoms with van der Waals surface area (Å²) in [6, 6.07) is 21.3. The van der Waals surface area contributed by atoms with Crippen molar-refractivity contribution in [3.8, 4) is 0 Å². The van der Waals surface area contributed by atoms with E-state index in [1.165, 1.54) is 11.1 Å². The van der Waals surface area contributed by atoms with E-state index in [0.29, 0.717) is 18.8 Å². The Labute approximate surface area is 238 Å². The van der Waals surface area contributed by atoms with Gasteiger partial charge in [0, 0.05) is 12.2 Å². The average molecular weight is 543 g/mol. The number of esters is 1. The highest BCUT2D eigenvalue weighted by Crippen LogP contribution is 2.13. The zero-order valence-corrected chi connectivity index (χ0v) is 24.2. The molecule has 2 aromatic carbocycles. The molecule has 0 aliphatic heterocycles. The highest BCUT2D eigenvalue weighted by Gasteiger charge is 2.25. The minimum atomic E-state index is -0.696. The highest BCUT2D eigenvalue weighted by molar-refractivity contribution is 5.97. The number of carbonyl (C=O) groups is 2. The molecule has 0 saturated heterocycles. The number of nitrogens with zero attached hydrogens (tertiary/aromatic N) is 1. The molecule has 0 unspecified atom stereocenters. The van der Waals surface area contributed by atoms with E-state index in [1.54, 1.807) is 19.1 Å². The first-order valence-electron chi connectivity index (χ1n) is 14.3. The van der Waals surface area contributed by atoms with Gasteiger partial charge in [0.25, 0.3) is 5.91 Å². The van der Waals surface area contributed by atoms with Gasteiger partial charge in [0.2, 0.25) is 0 Å². The maximum Gasteiger partial charge on any atom is 0.328 e. The fourth-order valence-electron chi connectivity index (χ4n) is 4.24. The number of rotatable bonds is 15. The van der Waals surface area contributed by atoms with E-state index < -0.39 is 12.0 Å². The van der Waals surface area contributed by atoms with Crippen molar-refractivity contribution in [3.05, 3.63) is 100 Å². The summed E-state index contributed by atoms with van der Waals surface area (Å²) < 4.78 is 11.0. The molecule has 1 amide bonds. The Morgan fingerprint density at radius 3 is 2.40 bits per heavy atom. The lowest BCUT2D eigenvalue weighted by molar-refractivity contribution is -0.146. The van der Waals surface area contributed by atoms with Crippen molar-refractivity contribution >= 4 is 24.0 Å². The van der Waals surface area contributed by atoms with Gasteiger partial charge in [0.05, 0.1) is 24.6 Å². The number of unbranched alkanes of at least 4 members (excludes halogenated alkanes) is 1. The molecule has 0 bridgehead atoms. The van der Waals surface area contributed by atoms with Crippen LogP contribution in [0.15, 0.2) is 66.7 Å². The molecule has 1 atom stereocenters. The van der Waals surface area contributed by atoms with Crippen LogP contribution in [0.5, 0.6) is 0 Å². The molecule has 0 radical (unpaired) electrons. The van der Waals surface area contributed by atoms with Crippen LogP contribution < -0.4 is 5.32 Å². The molecular weight excluding hydrogens is 500 g/mol. The number of carbonyl (C=O) groups excluding carboxylic acids is 2. The summed E-state index contributed by atoms with van der Waals surface area (Å²) in [7, 11) is 0. The molecule has 1 aromatic heterocycles. The van der Waals surface area contributed by atoms with E-state index in [2.05, 4.69) is 41.5 Å². The van der Waals surface area contributed by atoms with Crippen LogP contribution in [-0.2, 0) is 33.7 Å². The number of pyridine rings is 1. The second-order valence-corrected chi connectivity index (χ2v) is 10.1. The maximum atomic E-state index is 12.8. The molecule has 3 rings (SSSR count). The molecule has 6 heteroatoms. The average Bonchev–Trinajstić information content (AvgIpc) is 2.97. The van der Waals surface area contributed by atoms with Gasteiger partial charge < -0.3 is 14.8 Å². The van der Waals surface area contributed by atoms with Crippen LogP contribution in [0.1, 0.15) is 79.0 Å². The quantitative estimate of drug-likeness (QED) is 0.171.